The van der Waals surface area contributed by atoms with Crippen LogP contribution < -0.4 is 0 Å². The molecule has 0 aliphatic carbocycles. The van der Waals surface area contributed by atoms with Gasteiger partial charge in [-0.15, -0.1) is 0 Å². The van der Waals surface area contributed by atoms with Crippen LogP contribution in [0.15, 0.2) is 35.2 Å². The van der Waals surface area contributed by atoms with Crippen molar-refractivity contribution in [1.82, 2.24) is 0 Å². The Kier molecular flexibility index (Phi) is 2.33. The van der Waals surface area contributed by atoms with Crippen molar-refractivity contribution in [3.8, 4) is 0 Å². The van der Waals surface area contributed by atoms with E-state index < -0.39 is 15.3 Å². The second kappa shape index (κ2) is 3.37. The van der Waals surface area contributed by atoms with Gasteiger partial charge in [-0.25, -0.2) is 8.42 Å². The van der Waals surface area contributed by atoms with Gasteiger partial charge in [-0.1, -0.05) is 25.1 Å². The van der Waals surface area contributed by atoms with E-state index in [1.54, 1.807) is 30.3 Å². The van der Waals surface area contributed by atoms with Crippen molar-refractivity contribution in [1.29, 1.82) is 0 Å². The summed E-state index contributed by atoms with van der Waals surface area (Å²) in [6.07, 6.45) is 0.636. The van der Waals surface area contributed by atoms with Gasteiger partial charge in [0.15, 0.2) is 5.44 Å². The fourth-order valence-corrected chi connectivity index (χ4v) is 3.12. The summed E-state index contributed by atoms with van der Waals surface area (Å²) in [5.41, 5.74) is -0.616. The summed E-state index contributed by atoms with van der Waals surface area (Å²) in [6, 6.07) is 8.43. The van der Waals surface area contributed by atoms with E-state index in [0.29, 0.717) is 4.90 Å². The highest BCUT2D eigenvalue weighted by Crippen LogP contribution is 2.34. The van der Waals surface area contributed by atoms with Crippen LogP contribution in [0.2, 0.25) is 0 Å². The number of epoxide rings is 1. The second-order valence-electron chi connectivity index (χ2n) is 3.31. The molecule has 0 amide bonds. The predicted molar refractivity (Wildman–Crippen MR) is 52.6 cm³/mol. The first-order valence-corrected chi connectivity index (χ1v) is 6.15. The lowest BCUT2D eigenvalue weighted by Crippen LogP contribution is -2.10. The summed E-state index contributed by atoms with van der Waals surface area (Å²) < 4.78 is 28.8. The van der Waals surface area contributed by atoms with Crippen LogP contribution >= 0.6 is 0 Å². The number of ether oxygens (including phenoxy) is 1. The molecule has 0 saturated carbocycles. The van der Waals surface area contributed by atoms with Crippen LogP contribution in [0.25, 0.3) is 0 Å². The van der Waals surface area contributed by atoms with Gasteiger partial charge in [0, 0.05) is 0 Å². The zero-order valence-electron chi connectivity index (χ0n) is 7.88. The van der Waals surface area contributed by atoms with Crippen LogP contribution in [-0.4, -0.2) is 20.0 Å². The summed E-state index contributed by atoms with van der Waals surface area (Å²) in [4.78, 5) is 0.348. The molecule has 0 N–H and O–H groups in total. The number of benzene rings is 1. The van der Waals surface area contributed by atoms with E-state index in [4.69, 9.17) is 4.74 Å². The zero-order chi connectivity index (χ0) is 10.2. The maximum atomic E-state index is 11.8. The van der Waals surface area contributed by atoms with E-state index in [1.165, 1.54) is 0 Å². The molecule has 1 saturated heterocycles. The Morgan fingerprint density at radius 2 is 1.93 bits per heavy atom. The lowest BCUT2D eigenvalue weighted by atomic mass is 10.4. The smallest absolute Gasteiger partial charge is 0.207 e. The van der Waals surface area contributed by atoms with Crippen LogP contribution in [-0.2, 0) is 14.6 Å². The van der Waals surface area contributed by atoms with E-state index in [1.807, 2.05) is 6.92 Å². The quantitative estimate of drug-likeness (QED) is 0.715. The van der Waals surface area contributed by atoms with E-state index >= 15 is 0 Å². The monoisotopic (exact) mass is 212 g/mol. The Morgan fingerprint density at radius 1 is 1.29 bits per heavy atom. The minimum atomic E-state index is -3.25. The summed E-state index contributed by atoms with van der Waals surface area (Å²) >= 11 is 0. The topological polar surface area (TPSA) is 46.7 Å². The average Bonchev–Trinajstić information content (AvgIpc) is 2.98. The molecule has 0 radical (unpaired) electrons. The number of sulfone groups is 1. The second-order valence-corrected chi connectivity index (χ2v) is 5.34. The van der Waals surface area contributed by atoms with Gasteiger partial charge in [0.2, 0.25) is 9.84 Å². The van der Waals surface area contributed by atoms with E-state index in [-0.39, 0.29) is 6.10 Å². The molecule has 2 atom stereocenters. The summed E-state index contributed by atoms with van der Waals surface area (Å²) in [7, 11) is -3.25. The van der Waals surface area contributed by atoms with Gasteiger partial charge >= 0.3 is 0 Å². The molecule has 3 nitrogen and oxygen atoms in total. The highest BCUT2D eigenvalue weighted by molar-refractivity contribution is 7.92. The molecule has 4 heteroatoms. The van der Waals surface area contributed by atoms with Crippen LogP contribution in [0.3, 0.4) is 0 Å². The first kappa shape index (κ1) is 9.68. The molecule has 0 bridgehead atoms. The molecule has 0 spiro atoms. The van der Waals surface area contributed by atoms with Crippen molar-refractivity contribution in [2.75, 3.05) is 0 Å². The first-order valence-electron chi connectivity index (χ1n) is 4.60. The van der Waals surface area contributed by atoms with Gasteiger partial charge < -0.3 is 4.74 Å². The third-order valence-electron chi connectivity index (χ3n) is 2.32. The van der Waals surface area contributed by atoms with Gasteiger partial charge in [0.25, 0.3) is 0 Å². The largest absolute Gasteiger partial charge is 0.352 e. The minimum absolute atomic E-state index is 0.111. The Balaban J connectivity index is 2.27. The van der Waals surface area contributed by atoms with Crippen LogP contribution in [0.5, 0.6) is 0 Å². The van der Waals surface area contributed by atoms with Crippen LogP contribution in [0, 0.1) is 0 Å². The maximum absolute atomic E-state index is 11.8. The molecule has 14 heavy (non-hydrogen) atoms. The Morgan fingerprint density at radius 3 is 2.43 bits per heavy atom. The highest BCUT2D eigenvalue weighted by atomic mass is 32.2. The van der Waals surface area contributed by atoms with Gasteiger partial charge in [0.05, 0.1) is 4.90 Å². The summed E-state index contributed by atoms with van der Waals surface area (Å²) in [5.74, 6) is 0. The van der Waals surface area contributed by atoms with Gasteiger partial charge in [-0.05, 0) is 18.6 Å². The van der Waals surface area contributed by atoms with Crippen LogP contribution in [0.1, 0.15) is 13.3 Å². The fraction of sp³-hybridized carbons (Fsp3) is 0.400. The molecule has 1 aromatic carbocycles. The summed E-state index contributed by atoms with van der Waals surface area (Å²) in [6.45, 7) is 1.92. The molecule has 1 heterocycles. The molecule has 0 unspecified atom stereocenters. The van der Waals surface area contributed by atoms with Crippen molar-refractivity contribution in [3.63, 3.8) is 0 Å². The summed E-state index contributed by atoms with van der Waals surface area (Å²) in [5, 5.41) is 0. The third-order valence-corrected chi connectivity index (χ3v) is 4.27. The lowest BCUT2D eigenvalue weighted by molar-refractivity contribution is 0.389. The highest BCUT2D eigenvalue weighted by Gasteiger charge is 2.48. The molecular formula is C10H12O3S. The minimum Gasteiger partial charge on any atom is -0.352 e. The van der Waals surface area contributed by atoms with Crippen molar-refractivity contribution < 1.29 is 13.2 Å². The molecule has 76 valence electrons. The molecule has 1 fully saturated rings. The van der Waals surface area contributed by atoms with Gasteiger partial charge in [0.1, 0.15) is 6.10 Å². The SMILES string of the molecule is CC[C@@H]1O[C@@H]1S(=O)(=O)c1ccccc1. The Bertz CT molecular complexity index is 410. The normalized spacial score (nSPS) is 26.1. The molecule has 0 aromatic heterocycles. The lowest BCUT2D eigenvalue weighted by Gasteiger charge is -1.99. The van der Waals surface area contributed by atoms with Crippen molar-refractivity contribution in [2.45, 2.75) is 29.8 Å². The van der Waals surface area contributed by atoms with E-state index in [0.717, 1.165) is 6.42 Å². The van der Waals surface area contributed by atoms with Crippen molar-refractivity contribution in [3.05, 3.63) is 30.3 Å². The molecule has 1 aromatic rings. The van der Waals surface area contributed by atoms with Crippen molar-refractivity contribution in [2.24, 2.45) is 0 Å². The van der Waals surface area contributed by atoms with Crippen LogP contribution in [0.4, 0.5) is 0 Å². The van der Waals surface area contributed by atoms with Crippen molar-refractivity contribution >= 4 is 9.84 Å². The van der Waals surface area contributed by atoms with Gasteiger partial charge in [-0.3, -0.25) is 0 Å². The standard InChI is InChI=1S/C10H12O3S/c1-2-9-10(13-9)14(11,12)8-6-4-3-5-7-8/h3-7,9-10H,2H2,1H3/t9-,10+/m0/s1. The van der Waals surface area contributed by atoms with Gasteiger partial charge in [-0.2, -0.15) is 0 Å². The maximum Gasteiger partial charge on any atom is 0.207 e. The number of hydrogen-bond acceptors (Lipinski definition) is 3. The van der Waals surface area contributed by atoms with E-state index in [9.17, 15) is 8.42 Å². The predicted octanol–water partition coefficient (Wildman–Crippen LogP) is 1.60. The average molecular weight is 212 g/mol. The Labute approximate surface area is 83.6 Å². The zero-order valence-corrected chi connectivity index (χ0v) is 8.70. The molecule has 2 rings (SSSR count). The molecular weight excluding hydrogens is 200 g/mol. The Hall–Kier alpha value is -0.870. The third kappa shape index (κ3) is 1.55. The van der Waals surface area contributed by atoms with E-state index in [2.05, 4.69) is 0 Å². The molecule has 1 aliphatic heterocycles. The first-order chi connectivity index (χ1) is 6.66. The number of hydrogen-bond donors (Lipinski definition) is 0. The fourth-order valence-electron chi connectivity index (χ4n) is 1.43. The number of rotatable bonds is 3. The molecule has 1 aliphatic rings.